The number of furan rings is 1. The highest BCUT2D eigenvalue weighted by Gasteiger charge is 2.30. The molecule has 0 aliphatic heterocycles. The largest absolute Gasteiger partial charge is 0.456 e. The molecule has 5 rings (SSSR count). The van der Waals surface area contributed by atoms with Crippen LogP contribution in [0.1, 0.15) is 17.2 Å². The van der Waals surface area contributed by atoms with Crippen LogP contribution < -0.4 is 0 Å². The van der Waals surface area contributed by atoms with Crippen molar-refractivity contribution in [2.45, 2.75) is 6.10 Å². The molecule has 0 saturated heterocycles. The van der Waals surface area contributed by atoms with Gasteiger partial charge in [0.15, 0.2) is 0 Å². The number of halogens is 1. The first-order valence-electron chi connectivity index (χ1n) is 7.16. The van der Waals surface area contributed by atoms with Crippen molar-refractivity contribution in [2.75, 3.05) is 0 Å². The lowest BCUT2D eigenvalue weighted by molar-refractivity contribution is 0.225. The van der Waals surface area contributed by atoms with Gasteiger partial charge in [-0.15, -0.1) is 0 Å². The Bertz CT molecular complexity index is 1060. The van der Waals surface area contributed by atoms with E-state index < -0.39 is 6.10 Å². The molecular formula is C19H11BrO2. The van der Waals surface area contributed by atoms with Gasteiger partial charge in [0.25, 0.3) is 0 Å². The molecule has 0 amide bonds. The topological polar surface area (TPSA) is 33.4 Å². The van der Waals surface area contributed by atoms with E-state index >= 15 is 0 Å². The zero-order valence-corrected chi connectivity index (χ0v) is 13.1. The predicted molar refractivity (Wildman–Crippen MR) is 90.9 cm³/mol. The molecule has 106 valence electrons. The van der Waals surface area contributed by atoms with Crippen molar-refractivity contribution in [3.05, 3.63) is 70.2 Å². The second-order valence-electron chi connectivity index (χ2n) is 5.64. The Labute approximate surface area is 135 Å². The fourth-order valence-electron chi connectivity index (χ4n) is 3.51. The molecule has 0 spiro atoms. The van der Waals surface area contributed by atoms with Crippen LogP contribution in [0.25, 0.3) is 33.1 Å². The van der Waals surface area contributed by atoms with E-state index in [1.54, 1.807) is 0 Å². The summed E-state index contributed by atoms with van der Waals surface area (Å²) < 4.78 is 6.94. The average Bonchev–Trinajstić information content (AvgIpc) is 3.03. The highest BCUT2D eigenvalue weighted by molar-refractivity contribution is 9.10. The molecule has 2 nitrogen and oxygen atoms in total. The number of para-hydroxylation sites is 1. The second-order valence-corrected chi connectivity index (χ2v) is 6.55. The van der Waals surface area contributed by atoms with Crippen LogP contribution in [-0.4, -0.2) is 5.11 Å². The third-order valence-electron chi connectivity index (χ3n) is 4.45. The van der Waals surface area contributed by atoms with Crippen LogP contribution in [0.4, 0.5) is 0 Å². The van der Waals surface area contributed by atoms with Crippen LogP contribution in [0.15, 0.2) is 63.5 Å². The zero-order chi connectivity index (χ0) is 14.8. The van der Waals surface area contributed by atoms with Crippen molar-refractivity contribution < 1.29 is 9.52 Å². The molecule has 0 fully saturated rings. The SMILES string of the molecule is OC1c2cc(Br)ccc2-c2c1ccc1oc3ccccc3c21. The quantitative estimate of drug-likeness (QED) is 0.460. The van der Waals surface area contributed by atoms with Crippen molar-refractivity contribution in [1.82, 2.24) is 0 Å². The lowest BCUT2D eigenvalue weighted by Gasteiger charge is -2.05. The third kappa shape index (κ3) is 1.47. The van der Waals surface area contributed by atoms with Crippen LogP contribution in [0.3, 0.4) is 0 Å². The summed E-state index contributed by atoms with van der Waals surface area (Å²) in [5.74, 6) is 0. The molecule has 1 atom stereocenters. The Hall–Kier alpha value is -2.10. The van der Waals surface area contributed by atoms with Gasteiger partial charge in [0, 0.05) is 15.2 Å². The normalized spacial score (nSPS) is 16.2. The molecule has 0 bridgehead atoms. The maximum Gasteiger partial charge on any atom is 0.136 e. The lowest BCUT2D eigenvalue weighted by atomic mass is 9.99. The van der Waals surface area contributed by atoms with E-state index in [0.717, 1.165) is 48.7 Å². The molecule has 22 heavy (non-hydrogen) atoms. The van der Waals surface area contributed by atoms with Crippen LogP contribution in [0, 0.1) is 0 Å². The minimum absolute atomic E-state index is 0.583. The van der Waals surface area contributed by atoms with Gasteiger partial charge >= 0.3 is 0 Å². The predicted octanol–water partition coefficient (Wildman–Crippen LogP) is 5.41. The molecule has 4 aromatic rings. The van der Waals surface area contributed by atoms with Gasteiger partial charge in [-0.25, -0.2) is 0 Å². The summed E-state index contributed by atoms with van der Waals surface area (Å²) >= 11 is 3.49. The van der Waals surface area contributed by atoms with Crippen molar-refractivity contribution in [3.63, 3.8) is 0 Å². The fraction of sp³-hybridized carbons (Fsp3) is 0.0526. The van der Waals surface area contributed by atoms with Gasteiger partial charge in [-0.05, 0) is 46.5 Å². The summed E-state index contributed by atoms with van der Waals surface area (Å²) in [5.41, 5.74) is 5.82. The Balaban J connectivity index is 2.00. The van der Waals surface area contributed by atoms with Gasteiger partial charge in [-0.2, -0.15) is 0 Å². The molecule has 1 heterocycles. The maximum absolute atomic E-state index is 10.7. The van der Waals surface area contributed by atoms with E-state index in [1.165, 1.54) is 0 Å². The van der Waals surface area contributed by atoms with E-state index in [4.69, 9.17) is 4.42 Å². The van der Waals surface area contributed by atoms with Gasteiger partial charge in [0.2, 0.25) is 0 Å². The zero-order valence-electron chi connectivity index (χ0n) is 11.5. The van der Waals surface area contributed by atoms with E-state index in [2.05, 4.69) is 28.1 Å². The standard InChI is InChI=1S/C19H11BrO2/c20-10-5-6-11-14(9-10)19(21)13-7-8-16-18(17(11)13)12-3-1-2-4-15(12)22-16/h1-9,19,21H. The first-order valence-corrected chi connectivity index (χ1v) is 7.95. The number of aliphatic hydroxyl groups excluding tert-OH is 1. The second kappa shape index (κ2) is 4.22. The fourth-order valence-corrected chi connectivity index (χ4v) is 3.88. The van der Waals surface area contributed by atoms with Crippen molar-refractivity contribution in [3.8, 4) is 11.1 Å². The Morgan fingerprint density at radius 2 is 1.77 bits per heavy atom. The number of rotatable bonds is 0. The third-order valence-corrected chi connectivity index (χ3v) is 4.94. The van der Waals surface area contributed by atoms with Crippen LogP contribution >= 0.6 is 15.9 Å². The van der Waals surface area contributed by atoms with Gasteiger partial charge in [0.05, 0.1) is 0 Å². The Morgan fingerprint density at radius 1 is 0.909 bits per heavy atom. The maximum atomic E-state index is 10.7. The van der Waals surface area contributed by atoms with Crippen molar-refractivity contribution in [2.24, 2.45) is 0 Å². The van der Waals surface area contributed by atoms with Crippen LogP contribution in [-0.2, 0) is 0 Å². The van der Waals surface area contributed by atoms with E-state index in [1.807, 2.05) is 42.5 Å². The van der Waals surface area contributed by atoms with Crippen molar-refractivity contribution in [1.29, 1.82) is 0 Å². The molecule has 1 aliphatic carbocycles. The summed E-state index contributed by atoms with van der Waals surface area (Å²) in [6, 6.07) is 18.1. The Morgan fingerprint density at radius 3 is 2.68 bits per heavy atom. The highest BCUT2D eigenvalue weighted by atomic mass is 79.9. The molecule has 1 N–H and O–H groups in total. The number of hydrogen-bond acceptors (Lipinski definition) is 2. The lowest BCUT2D eigenvalue weighted by Crippen LogP contribution is -1.93. The first-order chi connectivity index (χ1) is 10.7. The molecule has 1 aromatic heterocycles. The molecule has 3 aromatic carbocycles. The summed E-state index contributed by atoms with van der Waals surface area (Å²) in [5, 5.41) is 12.9. The number of benzene rings is 3. The number of fused-ring (bicyclic) bond motifs is 7. The van der Waals surface area contributed by atoms with Gasteiger partial charge in [-0.3, -0.25) is 0 Å². The average molecular weight is 351 g/mol. The molecule has 0 saturated carbocycles. The molecule has 1 unspecified atom stereocenters. The smallest absolute Gasteiger partial charge is 0.136 e. The van der Waals surface area contributed by atoms with E-state index in [0.29, 0.717) is 0 Å². The summed E-state index contributed by atoms with van der Waals surface area (Å²) in [4.78, 5) is 0. The summed E-state index contributed by atoms with van der Waals surface area (Å²) in [6.45, 7) is 0. The number of aliphatic hydroxyl groups is 1. The summed E-state index contributed by atoms with van der Waals surface area (Å²) in [6.07, 6.45) is -0.583. The molecule has 0 radical (unpaired) electrons. The molecule has 1 aliphatic rings. The molecular weight excluding hydrogens is 340 g/mol. The van der Waals surface area contributed by atoms with Crippen molar-refractivity contribution >= 4 is 37.9 Å². The van der Waals surface area contributed by atoms with Gasteiger partial charge < -0.3 is 9.52 Å². The van der Waals surface area contributed by atoms with E-state index in [-0.39, 0.29) is 0 Å². The van der Waals surface area contributed by atoms with Gasteiger partial charge in [-0.1, -0.05) is 46.3 Å². The van der Waals surface area contributed by atoms with Gasteiger partial charge in [0.1, 0.15) is 17.3 Å². The van der Waals surface area contributed by atoms with E-state index in [9.17, 15) is 5.11 Å². The minimum Gasteiger partial charge on any atom is -0.456 e. The minimum atomic E-state index is -0.583. The highest BCUT2D eigenvalue weighted by Crippen LogP contribution is 2.49. The summed E-state index contributed by atoms with van der Waals surface area (Å²) in [7, 11) is 0. The van der Waals surface area contributed by atoms with Crippen LogP contribution in [0.2, 0.25) is 0 Å². The Kier molecular flexibility index (Phi) is 2.38. The monoisotopic (exact) mass is 350 g/mol. The first kappa shape index (κ1) is 12.4. The number of hydrogen-bond donors (Lipinski definition) is 1. The molecule has 3 heteroatoms. The van der Waals surface area contributed by atoms with Crippen LogP contribution in [0.5, 0.6) is 0 Å².